The van der Waals surface area contributed by atoms with Gasteiger partial charge in [0.05, 0.1) is 11.6 Å². The standard InChI is InChI=1S/C16H17N5O/c1-2-13-14-7-4-8-20(14)9-10-21(13)16(22)11-5-3-6-12-15(11)18-19-17-12/h3-8,13H,2,9-10H2,1H3,(H,17,18,19). The third-order valence-electron chi connectivity index (χ3n) is 4.39. The Morgan fingerprint density at radius 3 is 3.05 bits per heavy atom. The maximum atomic E-state index is 13.0. The average molecular weight is 295 g/mol. The van der Waals surface area contributed by atoms with E-state index in [9.17, 15) is 4.79 Å². The molecule has 0 bridgehead atoms. The lowest BCUT2D eigenvalue weighted by Crippen LogP contribution is -2.41. The first-order valence-electron chi connectivity index (χ1n) is 7.55. The van der Waals surface area contributed by atoms with Crippen molar-refractivity contribution in [2.24, 2.45) is 0 Å². The maximum absolute atomic E-state index is 13.0. The van der Waals surface area contributed by atoms with Crippen LogP contribution in [0.2, 0.25) is 0 Å². The third kappa shape index (κ3) is 1.83. The smallest absolute Gasteiger partial charge is 0.256 e. The van der Waals surface area contributed by atoms with Crippen LogP contribution >= 0.6 is 0 Å². The van der Waals surface area contributed by atoms with E-state index in [1.54, 1.807) is 0 Å². The summed E-state index contributed by atoms with van der Waals surface area (Å²) in [5.41, 5.74) is 3.18. The molecule has 1 unspecified atom stereocenters. The summed E-state index contributed by atoms with van der Waals surface area (Å²) < 4.78 is 2.23. The van der Waals surface area contributed by atoms with Crippen LogP contribution in [0.1, 0.15) is 35.4 Å². The zero-order chi connectivity index (χ0) is 15.1. The number of rotatable bonds is 2. The largest absolute Gasteiger partial charge is 0.348 e. The number of carbonyl (C=O) groups excluding carboxylic acids is 1. The highest BCUT2D eigenvalue weighted by Crippen LogP contribution is 2.30. The van der Waals surface area contributed by atoms with E-state index < -0.39 is 0 Å². The number of benzene rings is 1. The fourth-order valence-corrected chi connectivity index (χ4v) is 3.33. The summed E-state index contributed by atoms with van der Waals surface area (Å²) in [6, 6.07) is 9.79. The zero-order valence-corrected chi connectivity index (χ0v) is 12.4. The van der Waals surface area contributed by atoms with Gasteiger partial charge in [0, 0.05) is 25.0 Å². The van der Waals surface area contributed by atoms with Crippen molar-refractivity contribution < 1.29 is 4.79 Å². The number of aromatic nitrogens is 4. The molecule has 1 aliphatic rings. The number of amides is 1. The van der Waals surface area contributed by atoms with Gasteiger partial charge in [0.1, 0.15) is 11.0 Å². The molecule has 2 aromatic heterocycles. The van der Waals surface area contributed by atoms with Crippen molar-refractivity contribution in [2.45, 2.75) is 25.9 Å². The van der Waals surface area contributed by atoms with Gasteiger partial charge in [0.15, 0.2) is 0 Å². The van der Waals surface area contributed by atoms with Gasteiger partial charge in [0.2, 0.25) is 0 Å². The number of H-pyrrole nitrogens is 1. The lowest BCUT2D eigenvalue weighted by atomic mass is 10.0. The Morgan fingerprint density at radius 2 is 2.18 bits per heavy atom. The number of nitrogens with one attached hydrogen (secondary N) is 1. The van der Waals surface area contributed by atoms with Crippen LogP contribution in [0.4, 0.5) is 0 Å². The maximum Gasteiger partial charge on any atom is 0.256 e. The molecule has 4 rings (SSSR count). The van der Waals surface area contributed by atoms with Gasteiger partial charge in [-0.3, -0.25) is 4.79 Å². The lowest BCUT2D eigenvalue weighted by molar-refractivity contribution is 0.0619. The molecule has 1 amide bonds. The van der Waals surface area contributed by atoms with Crippen LogP contribution in [-0.2, 0) is 6.54 Å². The van der Waals surface area contributed by atoms with Crippen LogP contribution in [0, 0.1) is 0 Å². The molecular formula is C16H17N5O. The highest BCUT2D eigenvalue weighted by molar-refractivity contribution is 6.04. The molecule has 3 aromatic rings. The minimum atomic E-state index is 0.0267. The molecule has 1 aliphatic heterocycles. The summed E-state index contributed by atoms with van der Waals surface area (Å²) in [5, 5.41) is 10.8. The van der Waals surface area contributed by atoms with E-state index >= 15 is 0 Å². The van der Waals surface area contributed by atoms with Gasteiger partial charge in [-0.2, -0.15) is 15.4 Å². The van der Waals surface area contributed by atoms with Crippen molar-refractivity contribution in [1.82, 2.24) is 24.9 Å². The van der Waals surface area contributed by atoms with Crippen LogP contribution in [0.15, 0.2) is 36.5 Å². The fourth-order valence-electron chi connectivity index (χ4n) is 3.33. The molecule has 6 heteroatoms. The molecule has 22 heavy (non-hydrogen) atoms. The molecule has 1 aromatic carbocycles. The molecule has 0 radical (unpaired) electrons. The predicted molar refractivity (Wildman–Crippen MR) is 82.4 cm³/mol. The summed E-state index contributed by atoms with van der Waals surface area (Å²) in [6.45, 7) is 3.66. The summed E-state index contributed by atoms with van der Waals surface area (Å²) in [6.07, 6.45) is 2.97. The van der Waals surface area contributed by atoms with Crippen LogP contribution < -0.4 is 0 Å². The summed E-state index contributed by atoms with van der Waals surface area (Å²) in [4.78, 5) is 15.0. The summed E-state index contributed by atoms with van der Waals surface area (Å²) >= 11 is 0. The van der Waals surface area contributed by atoms with Gasteiger partial charge >= 0.3 is 0 Å². The highest BCUT2D eigenvalue weighted by Gasteiger charge is 2.31. The lowest BCUT2D eigenvalue weighted by Gasteiger charge is -2.36. The molecule has 0 aliphatic carbocycles. The molecule has 0 saturated carbocycles. The molecule has 0 spiro atoms. The molecule has 1 N–H and O–H groups in total. The minimum absolute atomic E-state index is 0.0267. The first kappa shape index (κ1) is 13.1. The van der Waals surface area contributed by atoms with E-state index in [4.69, 9.17) is 0 Å². The van der Waals surface area contributed by atoms with E-state index in [1.807, 2.05) is 29.2 Å². The summed E-state index contributed by atoms with van der Waals surface area (Å²) in [5.74, 6) is 0.0267. The van der Waals surface area contributed by atoms with Gasteiger partial charge in [-0.1, -0.05) is 13.0 Å². The Labute approximate surface area is 127 Å². The van der Waals surface area contributed by atoms with Crippen LogP contribution in [0.3, 0.4) is 0 Å². The van der Waals surface area contributed by atoms with Crippen LogP contribution in [0.5, 0.6) is 0 Å². The van der Waals surface area contributed by atoms with E-state index in [-0.39, 0.29) is 11.9 Å². The molecule has 6 nitrogen and oxygen atoms in total. The number of para-hydroxylation sites is 1. The van der Waals surface area contributed by atoms with Crippen LogP contribution in [0.25, 0.3) is 11.0 Å². The molecule has 112 valence electrons. The average Bonchev–Trinajstić information content (AvgIpc) is 3.21. The van der Waals surface area contributed by atoms with Crippen molar-refractivity contribution in [2.75, 3.05) is 6.54 Å². The van der Waals surface area contributed by atoms with Gasteiger partial charge in [-0.05, 0) is 30.7 Å². The molecule has 1 atom stereocenters. The quantitative estimate of drug-likeness (QED) is 0.789. The van der Waals surface area contributed by atoms with Crippen molar-refractivity contribution in [3.63, 3.8) is 0 Å². The third-order valence-corrected chi connectivity index (χ3v) is 4.39. The monoisotopic (exact) mass is 295 g/mol. The van der Waals surface area contributed by atoms with Crippen molar-refractivity contribution in [3.8, 4) is 0 Å². The molecule has 0 fully saturated rings. The topological polar surface area (TPSA) is 66.8 Å². The molecule has 0 saturated heterocycles. The second kappa shape index (κ2) is 4.98. The number of hydrogen-bond donors (Lipinski definition) is 1. The SMILES string of the molecule is CCC1c2cccn2CCN1C(=O)c1cccc2n[nH]nc12. The van der Waals surface area contributed by atoms with E-state index in [2.05, 4.69) is 39.2 Å². The van der Waals surface area contributed by atoms with Gasteiger partial charge in [-0.25, -0.2) is 0 Å². The van der Waals surface area contributed by atoms with E-state index in [0.717, 1.165) is 18.5 Å². The Morgan fingerprint density at radius 1 is 1.27 bits per heavy atom. The molecule has 3 heterocycles. The van der Waals surface area contributed by atoms with Crippen molar-refractivity contribution >= 4 is 16.9 Å². The summed E-state index contributed by atoms with van der Waals surface area (Å²) in [7, 11) is 0. The van der Waals surface area contributed by atoms with Gasteiger partial charge in [-0.15, -0.1) is 0 Å². The second-order valence-electron chi connectivity index (χ2n) is 5.55. The van der Waals surface area contributed by atoms with Gasteiger partial charge in [0.25, 0.3) is 5.91 Å². The fraction of sp³-hybridized carbons (Fsp3) is 0.312. The zero-order valence-electron chi connectivity index (χ0n) is 12.4. The normalized spacial score (nSPS) is 17.7. The Balaban J connectivity index is 1.75. The molecular weight excluding hydrogens is 278 g/mol. The number of fused-ring (bicyclic) bond motifs is 2. The Kier molecular flexibility index (Phi) is 2.96. The number of nitrogens with zero attached hydrogens (tertiary/aromatic N) is 4. The first-order chi connectivity index (χ1) is 10.8. The van der Waals surface area contributed by atoms with Crippen molar-refractivity contribution in [1.29, 1.82) is 0 Å². The first-order valence-corrected chi connectivity index (χ1v) is 7.55. The number of carbonyl (C=O) groups is 1. The highest BCUT2D eigenvalue weighted by atomic mass is 16.2. The Bertz CT molecular complexity index is 834. The van der Waals surface area contributed by atoms with Crippen molar-refractivity contribution in [3.05, 3.63) is 47.8 Å². The van der Waals surface area contributed by atoms with Crippen LogP contribution in [-0.4, -0.2) is 37.3 Å². The predicted octanol–water partition coefficient (Wildman–Crippen LogP) is 2.37. The van der Waals surface area contributed by atoms with E-state index in [1.165, 1.54) is 5.69 Å². The number of hydrogen-bond acceptors (Lipinski definition) is 3. The van der Waals surface area contributed by atoms with E-state index in [0.29, 0.717) is 17.6 Å². The second-order valence-corrected chi connectivity index (χ2v) is 5.55. The Hall–Kier alpha value is -2.63. The van der Waals surface area contributed by atoms with Gasteiger partial charge < -0.3 is 9.47 Å². The number of aromatic amines is 1. The minimum Gasteiger partial charge on any atom is -0.348 e.